The molecule has 4 nitrogen and oxygen atoms in total. The summed E-state index contributed by atoms with van der Waals surface area (Å²) < 4.78 is 0. The first-order chi connectivity index (χ1) is 11.7. The molecule has 0 aromatic heterocycles. The average molecular weight is 338 g/mol. The van der Waals surface area contributed by atoms with Gasteiger partial charge in [-0.1, -0.05) is 50.0 Å². The van der Waals surface area contributed by atoms with Gasteiger partial charge in [-0.15, -0.1) is 0 Å². The van der Waals surface area contributed by atoms with Crippen molar-refractivity contribution in [3.63, 3.8) is 0 Å². The topological polar surface area (TPSA) is 66.8 Å². The quantitative estimate of drug-likeness (QED) is 0.210. The number of carbonyl (C=O) groups is 1. The van der Waals surface area contributed by atoms with Crippen LogP contribution in [-0.2, 0) is 9.68 Å². The molecule has 0 heterocycles. The Morgan fingerprint density at radius 2 is 2.17 bits per heavy atom. The van der Waals surface area contributed by atoms with E-state index in [4.69, 9.17) is 5.26 Å². The van der Waals surface area contributed by atoms with Gasteiger partial charge < -0.3 is 9.99 Å². The molecular formula is C20H34O4. The van der Waals surface area contributed by atoms with Gasteiger partial charge in [0.15, 0.2) is 0 Å². The Bertz CT molecular complexity index is 400. The Labute approximate surface area is 146 Å². The van der Waals surface area contributed by atoms with E-state index in [0.717, 1.165) is 19.3 Å². The summed E-state index contributed by atoms with van der Waals surface area (Å²) in [6.45, 7) is 2.23. The van der Waals surface area contributed by atoms with Gasteiger partial charge >= 0.3 is 5.97 Å². The molecule has 0 aromatic rings. The first kappa shape index (κ1) is 20.9. The molecule has 24 heavy (non-hydrogen) atoms. The summed E-state index contributed by atoms with van der Waals surface area (Å²) in [5, 5.41) is 18.2. The third-order valence-electron chi connectivity index (χ3n) is 4.74. The van der Waals surface area contributed by atoms with Gasteiger partial charge in [-0.2, -0.15) is 5.26 Å². The van der Waals surface area contributed by atoms with Gasteiger partial charge in [0.05, 0.1) is 6.10 Å². The Kier molecular flexibility index (Phi) is 11.5. The molecule has 4 heteroatoms. The Balaban J connectivity index is 2.18. The van der Waals surface area contributed by atoms with Gasteiger partial charge in [0.25, 0.3) is 0 Å². The molecule has 138 valence electrons. The normalized spacial score (nSPS) is 18.8. The third kappa shape index (κ3) is 9.24. The van der Waals surface area contributed by atoms with E-state index in [1.807, 2.05) is 0 Å². The molecule has 0 bridgehead atoms. The van der Waals surface area contributed by atoms with E-state index >= 15 is 0 Å². The number of aliphatic hydroxyl groups is 1. The van der Waals surface area contributed by atoms with Gasteiger partial charge in [-0.25, -0.2) is 4.79 Å². The van der Waals surface area contributed by atoms with Crippen LogP contribution in [0.3, 0.4) is 0 Å². The maximum absolute atomic E-state index is 10.8. The molecule has 0 radical (unpaired) electrons. The molecule has 1 aliphatic rings. The number of allylic oxidation sites excluding steroid dienone is 4. The Morgan fingerprint density at radius 3 is 2.92 bits per heavy atom. The first-order valence-corrected chi connectivity index (χ1v) is 9.55. The molecule has 0 amide bonds. The minimum absolute atomic E-state index is 0.152. The molecule has 0 aromatic carbocycles. The van der Waals surface area contributed by atoms with Crippen molar-refractivity contribution in [2.45, 2.75) is 90.1 Å². The second-order valence-corrected chi connectivity index (χ2v) is 6.79. The van der Waals surface area contributed by atoms with Crippen LogP contribution in [0.25, 0.3) is 0 Å². The van der Waals surface area contributed by atoms with Crippen LogP contribution in [0.15, 0.2) is 23.8 Å². The van der Waals surface area contributed by atoms with Gasteiger partial charge in [0.2, 0.25) is 0 Å². The number of aliphatic hydroxyl groups excluding tert-OH is 1. The molecule has 0 saturated carbocycles. The van der Waals surface area contributed by atoms with Crippen molar-refractivity contribution in [3.05, 3.63) is 23.8 Å². The number of hydrogen-bond donors (Lipinski definition) is 2. The lowest BCUT2D eigenvalue weighted by Crippen LogP contribution is -2.09. The van der Waals surface area contributed by atoms with E-state index in [0.29, 0.717) is 18.8 Å². The highest BCUT2D eigenvalue weighted by molar-refractivity contribution is 5.68. The maximum atomic E-state index is 10.8. The molecule has 0 aliphatic heterocycles. The highest BCUT2D eigenvalue weighted by Gasteiger charge is 2.17. The van der Waals surface area contributed by atoms with Crippen LogP contribution in [-0.4, -0.2) is 22.4 Å². The molecule has 1 unspecified atom stereocenters. The van der Waals surface area contributed by atoms with Crippen molar-refractivity contribution >= 4 is 5.97 Å². The lowest BCUT2D eigenvalue weighted by Gasteiger charge is -2.14. The predicted octanol–water partition coefficient (Wildman–Crippen LogP) is 5.18. The standard InChI is InChI=1S/C20H34O4/c1-2-3-4-5-6-7-10-17-11-8-12-18(17)15-16-19(21)13-9-14-20(22)24-23/h7,10,12,17,19,21,23H,2-6,8-9,11,13-16H2,1H3/t17-,19?/m0/s1. The summed E-state index contributed by atoms with van der Waals surface area (Å²) in [7, 11) is 0. The maximum Gasteiger partial charge on any atom is 0.342 e. The number of unbranched alkanes of at least 4 members (excludes halogenated alkanes) is 4. The van der Waals surface area contributed by atoms with E-state index in [9.17, 15) is 9.90 Å². The van der Waals surface area contributed by atoms with Crippen molar-refractivity contribution in [2.75, 3.05) is 0 Å². The summed E-state index contributed by atoms with van der Waals surface area (Å²) in [6.07, 6.45) is 18.3. The third-order valence-corrected chi connectivity index (χ3v) is 4.74. The van der Waals surface area contributed by atoms with E-state index in [-0.39, 0.29) is 6.42 Å². The van der Waals surface area contributed by atoms with Gasteiger partial charge in [0.1, 0.15) is 0 Å². The summed E-state index contributed by atoms with van der Waals surface area (Å²) >= 11 is 0. The second kappa shape index (κ2) is 13.2. The highest BCUT2D eigenvalue weighted by Crippen LogP contribution is 2.31. The molecule has 1 rings (SSSR count). The number of hydrogen-bond acceptors (Lipinski definition) is 4. The first-order valence-electron chi connectivity index (χ1n) is 9.55. The largest absolute Gasteiger partial charge is 0.393 e. The fraction of sp³-hybridized carbons (Fsp3) is 0.750. The van der Waals surface area contributed by atoms with Crippen LogP contribution in [0, 0.1) is 5.92 Å². The summed E-state index contributed by atoms with van der Waals surface area (Å²) in [4.78, 5) is 14.4. The minimum Gasteiger partial charge on any atom is -0.393 e. The molecule has 0 spiro atoms. The summed E-state index contributed by atoms with van der Waals surface area (Å²) in [5.74, 6) is -0.0856. The SMILES string of the molecule is CCCCCCC=C[C@H]1CCC=C1CCC(O)CCCC(=O)OO. The van der Waals surface area contributed by atoms with Crippen LogP contribution in [0.1, 0.15) is 84.0 Å². The van der Waals surface area contributed by atoms with Crippen LogP contribution in [0.2, 0.25) is 0 Å². The summed E-state index contributed by atoms with van der Waals surface area (Å²) in [5.41, 5.74) is 1.45. The second-order valence-electron chi connectivity index (χ2n) is 6.79. The Morgan fingerprint density at radius 1 is 1.33 bits per heavy atom. The Hall–Kier alpha value is -1.13. The van der Waals surface area contributed by atoms with Crippen LogP contribution in [0.4, 0.5) is 0 Å². The van der Waals surface area contributed by atoms with Crippen LogP contribution in [0.5, 0.6) is 0 Å². The number of rotatable bonds is 13. The van der Waals surface area contributed by atoms with E-state index in [1.54, 1.807) is 0 Å². The molecule has 2 atom stereocenters. The van der Waals surface area contributed by atoms with Crippen molar-refractivity contribution < 1.29 is 20.0 Å². The summed E-state index contributed by atoms with van der Waals surface area (Å²) in [6, 6.07) is 0. The minimum atomic E-state index is -0.634. The van der Waals surface area contributed by atoms with Crippen molar-refractivity contribution in [1.82, 2.24) is 0 Å². The molecule has 0 fully saturated rings. The zero-order valence-electron chi connectivity index (χ0n) is 15.1. The van der Waals surface area contributed by atoms with Crippen LogP contribution < -0.4 is 0 Å². The molecule has 1 aliphatic carbocycles. The van der Waals surface area contributed by atoms with Gasteiger partial charge in [-0.3, -0.25) is 0 Å². The van der Waals surface area contributed by atoms with Crippen molar-refractivity contribution in [1.29, 1.82) is 0 Å². The monoisotopic (exact) mass is 338 g/mol. The van der Waals surface area contributed by atoms with E-state index in [1.165, 1.54) is 44.1 Å². The van der Waals surface area contributed by atoms with Crippen molar-refractivity contribution in [3.8, 4) is 0 Å². The zero-order valence-corrected chi connectivity index (χ0v) is 15.1. The van der Waals surface area contributed by atoms with Gasteiger partial charge in [0, 0.05) is 6.42 Å². The van der Waals surface area contributed by atoms with Crippen LogP contribution >= 0.6 is 0 Å². The highest BCUT2D eigenvalue weighted by atomic mass is 17.1. The zero-order chi connectivity index (χ0) is 17.6. The molecule has 2 N–H and O–H groups in total. The molecular weight excluding hydrogens is 304 g/mol. The fourth-order valence-corrected chi connectivity index (χ4v) is 3.25. The molecule has 0 saturated heterocycles. The predicted molar refractivity (Wildman–Crippen MR) is 96.5 cm³/mol. The number of carbonyl (C=O) groups excluding carboxylic acids is 1. The smallest absolute Gasteiger partial charge is 0.342 e. The van der Waals surface area contributed by atoms with Gasteiger partial charge in [-0.05, 0) is 57.3 Å². The van der Waals surface area contributed by atoms with E-state index < -0.39 is 12.1 Å². The van der Waals surface area contributed by atoms with E-state index in [2.05, 4.69) is 30.0 Å². The average Bonchev–Trinajstić information content (AvgIpc) is 3.03. The fourth-order valence-electron chi connectivity index (χ4n) is 3.25. The lowest BCUT2D eigenvalue weighted by atomic mass is 9.94. The lowest BCUT2D eigenvalue weighted by molar-refractivity contribution is -0.234. The van der Waals surface area contributed by atoms with Crippen molar-refractivity contribution in [2.24, 2.45) is 5.92 Å².